The van der Waals surface area contributed by atoms with Gasteiger partial charge in [0.25, 0.3) is 0 Å². The molecule has 0 aliphatic carbocycles. The van der Waals surface area contributed by atoms with Gasteiger partial charge in [0.05, 0.1) is 0 Å². The third-order valence-corrected chi connectivity index (χ3v) is 2.74. The second-order valence-electron chi connectivity index (χ2n) is 4.12. The minimum absolute atomic E-state index is 0.271. The summed E-state index contributed by atoms with van der Waals surface area (Å²) in [5.74, 6) is 0.788. The molecule has 2 rings (SSSR count). The van der Waals surface area contributed by atoms with Gasteiger partial charge in [-0.2, -0.15) is 0 Å². The SMILES string of the molecule is [NH3+]C[C@@H](O)COc1ccccc1-c1ccccc1. The molecule has 0 amide bonds. The van der Waals surface area contributed by atoms with Crippen LogP contribution in [-0.2, 0) is 0 Å². The Morgan fingerprint density at radius 1 is 1.00 bits per heavy atom. The van der Waals surface area contributed by atoms with Crippen molar-refractivity contribution in [3.63, 3.8) is 0 Å². The molecular weight excluding hydrogens is 226 g/mol. The Labute approximate surface area is 107 Å². The molecule has 0 saturated carbocycles. The zero-order chi connectivity index (χ0) is 12.8. The number of ether oxygens (including phenoxy) is 1. The maximum Gasteiger partial charge on any atom is 0.136 e. The minimum atomic E-state index is -0.520. The van der Waals surface area contributed by atoms with Gasteiger partial charge in [-0.15, -0.1) is 0 Å². The van der Waals surface area contributed by atoms with Crippen LogP contribution in [0.2, 0.25) is 0 Å². The normalized spacial score (nSPS) is 12.1. The third-order valence-electron chi connectivity index (χ3n) is 2.74. The molecule has 94 valence electrons. The number of rotatable bonds is 5. The highest BCUT2D eigenvalue weighted by atomic mass is 16.5. The minimum Gasteiger partial charge on any atom is -0.490 e. The Morgan fingerprint density at radius 2 is 1.67 bits per heavy atom. The predicted molar refractivity (Wildman–Crippen MR) is 71.1 cm³/mol. The van der Waals surface area contributed by atoms with Crippen molar-refractivity contribution in [2.24, 2.45) is 0 Å². The molecular formula is C15H18NO2+. The van der Waals surface area contributed by atoms with E-state index in [0.29, 0.717) is 6.54 Å². The molecule has 3 heteroatoms. The molecule has 3 nitrogen and oxygen atoms in total. The molecule has 0 spiro atoms. The molecule has 0 heterocycles. The highest BCUT2D eigenvalue weighted by Crippen LogP contribution is 2.29. The molecule has 0 unspecified atom stereocenters. The van der Waals surface area contributed by atoms with Gasteiger partial charge in [-0.05, 0) is 11.6 Å². The van der Waals surface area contributed by atoms with Crippen LogP contribution in [0.15, 0.2) is 54.6 Å². The number of hydrogen-bond donors (Lipinski definition) is 2. The fourth-order valence-corrected chi connectivity index (χ4v) is 1.72. The average Bonchev–Trinajstić information content (AvgIpc) is 2.46. The van der Waals surface area contributed by atoms with Gasteiger partial charge >= 0.3 is 0 Å². The summed E-state index contributed by atoms with van der Waals surface area (Å²) in [7, 11) is 0. The standard InChI is InChI=1S/C15H17NO2/c16-10-13(17)11-18-15-9-5-4-8-14(15)12-6-2-1-3-7-12/h1-9,13,17H,10-11,16H2/p+1/t13-/m1/s1. The quantitative estimate of drug-likeness (QED) is 0.833. The summed E-state index contributed by atoms with van der Waals surface area (Å²) in [5.41, 5.74) is 5.79. The van der Waals surface area contributed by atoms with E-state index in [-0.39, 0.29) is 6.61 Å². The van der Waals surface area contributed by atoms with Crippen LogP contribution in [0.1, 0.15) is 0 Å². The van der Waals surface area contributed by atoms with Crippen LogP contribution in [0.3, 0.4) is 0 Å². The molecule has 2 aromatic rings. The van der Waals surface area contributed by atoms with Crippen LogP contribution in [0.25, 0.3) is 11.1 Å². The summed E-state index contributed by atoms with van der Waals surface area (Å²) >= 11 is 0. The van der Waals surface area contributed by atoms with Crippen molar-refractivity contribution >= 4 is 0 Å². The number of benzene rings is 2. The van der Waals surface area contributed by atoms with E-state index in [1.165, 1.54) is 0 Å². The first-order chi connectivity index (χ1) is 8.81. The lowest BCUT2D eigenvalue weighted by atomic mass is 10.1. The molecule has 0 aliphatic heterocycles. The molecule has 4 N–H and O–H groups in total. The number of aliphatic hydroxyl groups is 1. The lowest BCUT2D eigenvalue weighted by Gasteiger charge is -2.13. The van der Waals surface area contributed by atoms with Crippen molar-refractivity contribution in [2.45, 2.75) is 6.10 Å². The van der Waals surface area contributed by atoms with Crippen molar-refractivity contribution in [1.82, 2.24) is 0 Å². The van der Waals surface area contributed by atoms with Gasteiger partial charge in [0.1, 0.15) is 25.0 Å². The van der Waals surface area contributed by atoms with Crippen LogP contribution in [0, 0.1) is 0 Å². The summed E-state index contributed by atoms with van der Waals surface area (Å²) in [4.78, 5) is 0. The summed E-state index contributed by atoms with van der Waals surface area (Å²) in [6.45, 7) is 0.723. The zero-order valence-corrected chi connectivity index (χ0v) is 10.3. The molecule has 2 aromatic carbocycles. The van der Waals surface area contributed by atoms with Gasteiger partial charge in [0.15, 0.2) is 0 Å². The average molecular weight is 244 g/mol. The molecule has 0 aromatic heterocycles. The highest BCUT2D eigenvalue weighted by Gasteiger charge is 2.08. The molecule has 1 atom stereocenters. The topological polar surface area (TPSA) is 57.1 Å². The Morgan fingerprint density at radius 3 is 2.39 bits per heavy atom. The second-order valence-corrected chi connectivity index (χ2v) is 4.12. The maximum absolute atomic E-state index is 9.49. The fourth-order valence-electron chi connectivity index (χ4n) is 1.72. The van der Waals surface area contributed by atoms with E-state index in [2.05, 4.69) is 5.73 Å². The monoisotopic (exact) mass is 244 g/mol. The fraction of sp³-hybridized carbons (Fsp3) is 0.200. The Hall–Kier alpha value is -1.84. The van der Waals surface area contributed by atoms with E-state index < -0.39 is 6.10 Å². The molecule has 0 bridgehead atoms. The van der Waals surface area contributed by atoms with Gasteiger partial charge in [-0.3, -0.25) is 0 Å². The van der Waals surface area contributed by atoms with Crippen LogP contribution in [-0.4, -0.2) is 24.4 Å². The van der Waals surface area contributed by atoms with E-state index >= 15 is 0 Å². The van der Waals surface area contributed by atoms with Crippen molar-refractivity contribution < 1.29 is 15.6 Å². The van der Waals surface area contributed by atoms with Crippen LogP contribution >= 0.6 is 0 Å². The summed E-state index contributed by atoms with van der Waals surface area (Å²) in [5, 5.41) is 9.49. The van der Waals surface area contributed by atoms with E-state index in [1.807, 2.05) is 54.6 Å². The molecule has 0 fully saturated rings. The van der Waals surface area contributed by atoms with Gasteiger partial charge in [-0.25, -0.2) is 0 Å². The largest absolute Gasteiger partial charge is 0.490 e. The third kappa shape index (κ3) is 3.09. The van der Waals surface area contributed by atoms with Crippen molar-refractivity contribution in [3.05, 3.63) is 54.6 Å². The first kappa shape index (κ1) is 12.6. The highest BCUT2D eigenvalue weighted by molar-refractivity contribution is 5.70. The maximum atomic E-state index is 9.49. The van der Waals surface area contributed by atoms with Gasteiger partial charge < -0.3 is 15.6 Å². The lowest BCUT2D eigenvalue weighted by Crippen LogP contribution is -2.56. The van der Waals surface area contributed by atoms with Crippen molar-refractivity contribution in [1.29, 1.82) is 0 Å². The van der Waals surface area contributed by atoms with Crippen LogP contribution < -0.4 is 10.5 Å². The zero-order valence-electron chi connectivity index (χ0n) is 10.3. The summed E-state index contributed by atoms with van der Waals surface area (Å²) in [6.07, 6.45) is -0.520. The Balaban J connectivity index is 2.21. The molecule has 0 saturated heterocycles. The van der Waals surface area contributed by atoms with E-state index in [9.17, 15) is 5.11 Å². The smallest absolute Gasteiger partial charge is 0.136 e. The lowest BCUT2D eigenvalue weighted by molar-refractivity contribution is -0.384. The molecule has 0 aliphatic rings. The van der Waals surface area contributed by atoms with Gasteiger partial charge in [0.2, 0.25) is 0 Å². The molecule has 18 heavy (non-hydrogen) atoms. The Bertz CT molecular complexity index is 485. The van der Waals surface area contributed by atoms with Gasteiger partial charge in [-0.1, -0.05) is 48.5 Å². The second kappa shape index (κ2) is 6.19. The number of para-hydroxylation sites is 1. The first-order valence-corrected chi connectivity index (χ1v) is 6.06. The number of hydrogen-bond acceptors (Lipinski definition) is 2. The van der Waals surface area contributed by atoms with E-state index in [1.54, 1.807) is 0 Å². The van der Waals surface area contributed by atoms with E-state index in [0.717, 1.165) is 16.9 Å². The van der Waals surface area contributed by atoms with Crippen molar-refractivity contribution in [3.8, 4) is 16.9 Å². The summed E-state index contributed by atoms with van der Waals surface area (Å²) in [6, 6.07) is 17.9. The van der Waals surface area contributed by atoms with Crippen LogP contribution in [0.4, 0.5) is 0 Å². The molecule has 0 radical (unpaired) electrons. The Kier molecular flexibility index (Phi) is 4.34. The van der Waals surface area contributed by atoms with Gasteiger partial charge in [0, 0.05) is 5.56 Å². The first-order valence-electron chi connectivity index (χ1n) is 6.06. The van der Waals surface area contributed by atoms with Crippen LogP contribution in [0.5, 0.6) is 5.75 Å². The predicted octanol–water partition coefficient (Wildman–Crippen LogP) is 1.34. The number of aliphatic hydroxyl groups excluding tert-OH is 1. The van der Waals surface area contributed by atoms with E-state index in [4.69, 9.17) is 4.74 Å². The summed E-state index contributed by atoms with van der Waals surface area (Å²) < 4.78 is 5.65. The number of quaternary nitrogens is 1. The van der Waals surface area contributed by atoms with Crippen molar-refractivity contribution in [2.75, 3.05) is 13.2 Å².